The minimum Gasteiger partial charge on any atom is -0.391 e. The molecule has 0 heterocycles. The molecular weight excluding hydrogens is 413 g/mol. The van der Waals surface area contributed by atoms with Crippen LogP contribution in [0.25, 0.3) is 0 Å². The van der Waals surface area contributed by atoms with Crippen molar-refractivity contribution in [2.24, 2.45) is 5.41 Å². The first-order valence-electron chi connectivity index (χ1n) is 9.00. The Hall–Kier alpha value is -3.03. The molecule has 0 spiro atoms. The maximum Gasteiger partial charge on any atom is 0.271 e. The lowest BCUT2D eigenvalue weighted by molar-refractivity contribution is -0.384. The Morgan fingerprint density at radius 1 is 1.27 bits per heavy atom. The molecule has 10 heteroatoms. The Morgan fingerprint density at radius 2 is 1.87 bits per heavy atom. The molecule has 0 aliphatic rings. The van der Waals surface area contributed by atoms with Gasteiger partial charge in [0.2, 0.25) is 0 Å². The predicted octanol–water partition coefficient (Wildman–Crippen LogP) is 3.54. The molecule has 0 bridgehead atoms. The smallest absolute Gasteiger partial charge is 0.271 e. The molecule has 0 saturated heterocycles. The number of hydrogen-bond acceptors (Lipinski definition) is 6. The van der Waals surface area contributed by atoms with E-state index in [0.29, 0.717) is 4.31 Å². The highest BCUT2D eigenvalue weighted by molar-refractivity contribution is 7.92. The normalized spacial score (nSPS) is 12.8. The van der Waals surface area contributed by atoms with Crippen LogP contribution in [0.5, 0.6) is 0 Å². The van der Waals surface area contributed by atoms with E-state index in [9.17, 15) is 33.3 Å². The van der Waals surface area contributed by atoms with E-state index in [4.69, 9.17) is 0 Å². The van der Waals surface area contributed by atoms with Gasteiger partial charge in [-0.05, 0) is 45.4 Å². The molecule has 2 rings (SSSR count). The largest absolute Gasteiger partial charge is 0.391 e. The Bertz CT molecular complexity index is 1080. The first-order chi connectivity index (χ1) is 13.9. The summed E-state index contributed by atoms with van der Waals surface area (Å²) in [6, 6.07) is 10.3. The number of hydrogen-bond donors (Lipinski definition) is 1. The van der Waals surface area contributed by atoms with Crippen LogP contribution >= 0.6 is 0 Å². The van der Waals surface area contributed by atoms with E-state index in [-0.39, 0.29) is 11.3 Å². The van der Waals surface area contributed by atoms with Crippen molar-refractivity contribution in [3.8, 4) is 6.07 Å². The van der Waals surface area contributed by atoms with Crippen LogP contribution in [0, 0.1) is 39.6 Å². The fraction of sp³-hybridized carbons (Fsp3) is 0.350. The molecular formula is C20H22FN3O5S. The van der Waals surface area contributed by atoms with Crippen LogP contribution in [0.1, 0.15) is 25.8 Å². The summed E-state index contributed by atoms with van der Waals surface area (Å²) in [6.45, 7) is 4.33. The number of benzene rings is 2. The van der Waals surface area contributed by atoms with Crippen molar-refractivity contribution in [3.63, 3.8) is 0 Å². The monoisotopic (exact) mass is 435 g/mol. The Labute approximate surface area is 174 Å². The Morgan fingerprint density at radius 3 is 2.40 bits per heavy atom. The van der Waals surface area contributed by atoms with Crippen molar-refractivity contribution >= 4 is 21.4 Å². The number of aliphatic hydroxyl groups is 1. The molecule has 30 heavy (non-hydrogen) atoms. The third kappa shape index (κ3) is 5.31. The fourth-order valence-corrected chi connectivity index (χ4v) is 4.36. The zero-order chi connectivity index (χ0) is 22.7. The van der Waals surface area contributed by atoms with E-state index >= 15 is 0 Å². The lowest BCUT2D eigenvalue weighted by Crippen LogP contribution is -2.39. The van der Waals surface area contributed by atoms with Gasteiger partial charge in [-0.1, -0.05) is 17.7 Å². The summed E-state index contributed by atoms with van der Waals surface area (Å²) in [5.74, 6) is -0.997. The molecule has 0 amide bonds. The van der Waals surface area contributed by atoms with Gasteiger partial charge in [-0.2, -0.15) is 5.26 Å². The number of nitro groups is 1. The second kappa shape index (κ2) is 8.77. The quantitative estimate of drug-likeness (QED) is 0.499. The number of rotatable bonds is 8. The van der Waals surface area contributed by atoms with Crippen molar-refractivity contribution in [2.45, 2.75) is 38.2 Å². The van der Waals surface area contributed by atoms with Crippen molar-refractivity contribution in [2.75, 3.05) is 10.8 Å². The molecule has 160 valence electrons. The number of nitriles is 1. The number of nitrogens with zero attached hydrogens (tertiary/aromatic N) is 3. The van der Waals surface area contributed by atoms with E-state index in [2.05, 4.69) is 0 Å². The molecule has 2 aromatic carbocycles. The zero-order valence-electron chi connectivity index (χ0n) is 16.7. The minimum absolute atomic E-state index is 0.0834. The molecule has 0 aliphatic heterocycles. The first-order valence-corrected chi connectivity index (χ1v) is 10.4. The summed E-state index contributed by atoms with van der Waals surface area (Å²) in [4.78, 5) is 10.2. The summed E-state index contributed by atoms with van der Waals surface area (Å²) in [7, 11) is -4.37. The highest BCUT2D eigenvalue weighted by Crippen LogP contribution is 2.31. The van der Waals surface area contributed by atoms with Gasteiger partial charge >= 0.3 is 0 Å². The number of aliphatic hydroxyl groups excluding tert-OH is 1. The predicted molar refractivity (Wildman–Crippen MR) is 109 cm³/mol. The van der Waals surface area contributed by atoms with Crippen molar-refractivity contribution in [3.05, 3.63) is 64.0 Å². The molecule has 2 aromatic rings. The van der Waals surface area contributed by atoms with Gasteiger partial charge in [0.1, 0.15) is 5.82 Å². The SMILES string of the molecule is Cc1ccc(S(=O)(=O)N(C[C@H](O)CC(C)(C)C#N)c2cc([N+](=O)[O-])ccc2F)cc1. The summed E-state index contributed by atoms with van der Waals surface area (Å²) < 4.78 is 41.7. The molecule has 0 fully saturated rings. The number of non-ortho nitro benzene ring substituents is 1. The third-order valence-corrected chi connectivity index (χ3v) is 6.24. The molecule has 8 nitrogen and oxygen atoms in total. The van der Waals surface area contributed by atoms with Gasteiger partial charge in [0.05, 0.1) is 39.6 Å². The van der Waals surface area contributed by atoms with Crippen LogP contribution in [0.4, 0.5) is 15.8 Å². The van der Waals surface area contributed by atoms with E-state index in [1.807, 2.05) is 6.07 Å². The lowest BCUT2D eigenvalue weighted by Gasteiger charge is -2.29. The molecule has 0 radical (unpaired) electrons. The maximum absolute atomic E-state index is 14.6. The van der Waals surface area contributed by atoms with E-state index in [0.717, 1.165) is 23.8 Å². The Balaban J connectivity index is 2.59. The van der Waals surface area contributed by atoms with Crippen LogP contribution in [-0.4, -0.2) is 31.1 Å². The Kier molecular flexibility index (Phi) is 6.80. The molecule has 0 saturated carbocycles. The van der Waals surface area contributed by atoms with E-state index < -0.39 is 50.2 Å². The maximum atomic E-state index is 14.6. The third-order valence-electron chi connectivity index (χ3n) is 4.44. The van der Waals surface area contributed by atoms with Crippen molar-refractivity contribution in [1.82, 2.24) is 0 Å². The van der Waals surface area contributed by atoms with Crippen molar-refractivity contribution in [1.29, 1.82) is 5.26 Å². The summed E-state index contributed by atoms with van der Waals surface area (Å²) >= 11 is 0. The average Bonchev–Trinajstić information content (AvgIpc) is 2.66. The number of sulfonamides is 1. The summed E-state index contributed by atoms with van der Waals surface area (Å²) in [5.41, 5.74) is -1.21. The lowest BCUT2D eigenvalue weighted by atomic mass is 9.88. The van der Waals surface area contributed by atoms with Gasteiger partial charge in [-0.25, -0.2) is 12.8 Å². The van der Waals surface area contributed by atoms with Gasteiger partial charge in [0.15, 0.2) is 0 Å². The molecule has 0 aliphatic carbocycles. The number of nitro benzene ring substituents is 1. The minimum atomic E-state index is -4.37. The molecule has 0 unspecified atom stereocenters. The number of anilines is 1. The molecule has 1 atom stereocenters. The van der Waals surface area contributed by atoms with Crippen LogP contribution in [-0.2, 0) is 10.0 Å². The summed E-state index contributed by atoms with van der Waals surface area (Å²) in [5, 5.41) is 30.8. The second-order valence-electron chi connectivity index (χ2n) is 7.60. The van der Waals surface area contributed by atoms with Gasteiger partial charge in [0, 0.05) is 12.1 Å². The van der Waals surface area contributed by atoms with Gasteiger partial charge in [0.25, 0.3) is 15.7 Å². The van der Waals surface area contributed by atoms with Crippen LogP contribution in [0.3, 0.4) is 0 Å². The number of halogens is 1. The molecule has 1 N–H and O–H groups in total. The van der Waals surface area contributed by atoms with E-state index in [1.165, 1.54) is 12.1 Å². The summed E-state index contributed by atoms with van der Waals surface area (Å²) in [6.07, 6.45) is -1.40. The van der Waals surface area contributed by atoms with Crippen LogP contribution in [0.2, 0.25) is 0 Å². The van der Waals surface area contributed by atoms with Gasteiger partial charge in [-0.3, -0.25) is 14.4 Å². The zero-order valence-corrected chi connectivity index (χ0v) is 17.6. The van der Waals surface area contributed by atoms with Gasteiger partial charge < -0.3 is 5.11 Å². The average molecular weight is 435 g/mol. The number of aryl methyl sites for hydroxylation is 1. The molecule has 0 aromatic heterocycles. The standard InChI is InChI=1S/C20H22FN3O5S/c1-14-4-7-17(8-5-14)30(28,29)23(12-16(25)11-20(2,3)13-22)19-10-15(24(26)27)6-9-18(19)21/h4-10,16,25H,11-12H2,1-3H3/t16-/m1/s1. The van der Waals surface area contributed by atoms with E-state index in [1.54, 1.807) is 32.9 Å². The highest BCUT2D eigenvalue weighted by Gasteiger charge is 2.32. The first kappa shape index (κ1) is 23.3. The highest BCUT2D eigenvalue weighted by atomic mass is 32.2. The topological polar surface area (TPSA) is 125 Å². The van der Waals surface area contributed by atoms with Crippen LogP contribution in [0.15, 0.2) is 47.4 Å². The van der Waals surface area contributed by atoms with Crippen molar-refractivity contribution < 1.29 is 22.8 Å². The van der Waals surface area contributed by atoms with Gasteiger partial charge in [-0.15, -0.1) is 0 Å². The van der Waals surface area contributed by atoms with Crippen LogP contribution < -0.4 is 4.31 Å². The second-order valence-corrected chi connectivity index (χ2v) is 9.46. The fourth-order valence-electron chi connectivity index (χ4n) is 2.86.